The van der Waals surface area contributed by atoms with Crippen molar-refractivity contribution in [2.24, 2.45) is 0 Å². The minimum Gasteiger partial charge on any atom is -0.303 e. The van der Waals surface area contributed by atoms with Gasteiger partial charge < -0.3 is 4.90 Å². The quantitative estimate of drug-likeness (QED) is 0.706. The molecule has 1 heterocycles. The van der Waals surface area contributed by atoms with Crippen molar-refractivity contribution in [1.29, 1.82) is 0 Å². The van der Waals surface area contributed by atoms with E-state index in [1.807, 2.05) is 0 Å². The Bertz CT molecular complexity index is 293. The van der Waals surface area contributed by atoms with E-state index in [-0.39, 0.29) is 0 Å². The van der Waals surface area contributed by atoms with Gasteiger partial charge in [0.25, 0.3) is 0 Å². The standard InChI is InChI=1S/C15H23NS/c1-3-8-15(9-4-1)14-17-13-7-12-16-10-5-2-6-11-16/h1,3-4,8-9H,2,5-7,10-14H2. The van der Waals surface area contributed by atoms with Crippen LogP contribution in [0.4, 0.5) is 0 Å². The van der Waals surface area contributed by atoms with Crippen LogP contribution in [0.1, 0.15) is 31.2 Å². The highest BCUT2D eigenvalue weighted by atomic mass is 32.2. The van der Waals surface area contributed by atoms with Crippen LogP contribution in [0, 0.1) is 0 Å². The van der Waals surface area contributed by atoms with E-state index >= 15 is 0 Å². The van der Waals surface area contributed by atoms with Crippen molar-refractivity contribution >= 4 is 11.8 Å². The summed E-state index contributed by atoms with van der Waals surface area (Å²) in [6.07, 6.45) is 5.62. The Morgan fingerprint density at radius 2 is 1.76 bits per heavy atom. The summed E-state index contributed by atoms with van der Waals surface area (Å²) >= 11 is 2.07. The molecule has 94 valence electrons. The summed E-state index contributed by atoms with van der Waals surface area (Å²) < 4.78 is 0. The van der Waals surface area contributed by atoms with Gasteiger partial charge in [0, 0.05) is 5.75 Å². The predicted octanol–water partition coefficient (Wildman–Crippen LogP) is 3.80. The molecule has 1 nitrogen and oxygen atoms in total. The average Bonchev–Trinajstić information content (AvgIpc) is 2.41. The Labute approximate surface area is 110 Å². The van der Waals surface area contributed by atoms with E-state index in [9.17, 15) is 0 Å². The third-order valence-corrected chi connectivity index (χ3v) is 4.44. The van der Waals surface area contributed by atoms with Gasteiger partial charge in [0.2, 0.25) is 0 Å². The van der Waals surface area contributed by atoms with Gasteiger partial charge in [-0.15, -0.1) is 0 Å². The molecule has 0 atom stereocenters. The zero-order valence-electron chi connectivity index (χ0n) is 10.6. The van der Waals surface area contributed by atoms with Crippen LogP contribution in [0.5, 0.6) is 0 Å². The van der Waals surface area contributed by atoms with Crippen LogP contribution in [0.25, 0.3) is 0 Å². The van der Waals surface area contributed by atoms with Crippen LogP contribution in [-0.2, 0) is 5.75 Å². The number of nitrogens with zero attached hydrogens (tertiary/aromatic N) is 1. The molecule has 1 aliphatic heterocycles. The molecular weight excluding hydrogens is 226 g/mol. The van der Waals surface area contributed by atoms with Gasteiger partial charge in [-0.1, -0.05) is 36.8 Å². The van der Waals surface area contributed by atoms with E-state index in [4.69, 9.17) is 0 Å². The van der Waals surface area contributed by atoms with Crippen LogP contribution < -0.4 is 0 Å². The molecule has 2 heteroatoms. The van der Waals surface area contributed by atoms with Crippen molar-refractivity contribution in [2.75, 3.05) is 25.4 Å². The number of benzene rings is 1. The van der Waals surface area contributed by atoms with Gasteiger partial charge in [0.1, 0.15) is 0 Å². The van der Waals surface area contributed by atoms with Gasteiger partial charge >= 0.3 is 0 Å². The fourth-order valence-electron chi connectivity index (χ4n) is 2.34. The molecule has 1 aliphatic rings. The van der Waals surface area contributed by atoms with Gasteiger partial charge in [-0.05, 0) is 50.2 Å². The third-order valence-electron chi connectivity index (χ3n) is 3.32. The zero-order chi connectivity index (χ0) is 11.8. The number of hydrogen-bond donors (Lipinski definition) is 0. The lowest BCUT2D eigenvalue weighted by Crippen LogP contribution is -2.30. The average molecular weight is 249 g/mol. The fraction of sp³-hybridized carbons (Fsp3) is 0.600. The molecule has 2 rings (SSSR count). The largest absolute Gasteiger partial charge is 0.303 e. The summed E-state index contributed by atoms with van der Waals surface area (Å²) in [7, 11) is 0. The number of rotatable bonds is 6. The van der Waals surface area contributed by atoms with E-state index in [1.165, 1.54) is 62.4 Å². The molecule has 0 aromatic heterocycles. The summed E-state index contributed by atoms with van der Waals surface area (Å²) in [5.74, 6) is 2.46. The third kappa shape index (κ3) is 5.13. The van der Waals surface area contributed by atoms with E-state index in [2.05, 4.69) is 47.0 Å². The molecule has 1 aromatic rings. The molecule has 0 spiro atoms. The van der Waals surface area contributed by atoms with E-state index < -0.39 is 0 Å². The first-order chi connectivity index (χ1) is 8.45. The van der Waals surface area contributed by atoms with E-state index in [0.29, 0.717) is 0 Å². The molecular formula is C15H23NS. The van der Waals surface area contributed by atoms with Crippen molar-refractivity contribution in [2.45, 2.75) is 31.4 Å². The smallest absolute Gasteiger partial charge is 0.0184 e. The lowest BCUT2D eigenvalue weighted by molar-refractivity contribution is 0.230. The minimum atomic E-state index is 1.17. The Kier molecular flexibility index (Phi) is 5.94. The molecule has 1 saturated heterocycles. The van der Waals surface area contributed by atoms with Gasteiger partial charge in [-0.2, -0.15) is 11.8 Å². The summed E-state index contributed by atoms with van der Waals surface area (Å²) in [6, 6.07) is 10.8. The maximum Gasteiger partial charge on any atom is 0.0184 e. The molecule has 0 unspecified atom stereocenters. The predicted molar refractivity (Wildman–Crippen MR) is 77.5 cm³/mol. The van der Waals surface area contributed by atoms with Crippen LogP contribution in [0.2, 0.25) is 0 Å². The molecule has 0 bridgehead atoms. The zero-order valence-corrected chi connectivity index (χ0v) is 11.4. The Hall–Kier alpha value is -0.470. The molecule has 1 aromatic carbocycles. The summed E-state index contributed by atoms with van der Waals surface area (Å²) in [6.45, 7) is 3.98. The second kappa shape index (κ2) is 7.78. The SMILES string of the molecule is c1ccc(CSCCCN2CCCCC2)cc1. The van der Waals surface area contributed by atoms with Crippen molar-refractivity contribution < 1.29 is 0 Å². The maximum atomic E-state index is 2.63. The maximum absolute atomic E-state index is 2.63. The van der Waals surface area contributed by atoms with Gasteiger partial charge in [0.15, 0.2) is 0 Å². The molecule has 0 N–H and O–H groups in total. The summed E-state index contributed by atoms with van der Waals surface area (Å²) in [5.41, 5.74) is 1.45. The summed E-state index contributed by atoms with van der Waals surface area (Å²) in [4.78, 5) is 2.63. The first-order valence-electron chi connectivity index (χ1n) is 6.79. The Balaban J connectivity index is 1.51. The Morgan fingerprint density at radius 1 is 1.00 bits per heavy atom. The molecule has 0 saturated carbocycles. The monoisotopic (exact) mass is 249 g/mol. The fourth-order valence-corrected chi connectivity index (χ4v) is 3.24. The molecule has 0 radical (unpaired) electrons. The van der Waals surface area contributed by atoms with Crippen molar-refractivity contribution in [3.63, 3.8) is 0 Å². The number of hydrogen-bond acceptors (Lipinski definition) is 2. The molecule has 1 fully saturated rings. The molecule has 0 aliphatic carbocycles. The van der Waals surface area contributed by atoms with Gasteiger partial charge in [0.05, 0.1) is 0 Å². The Morgan fingerprint density at radius 3 is 2.53 bits per heavy atom. The van der Waals surface area contributed by atoms with E-state index in [0.717, 1.165) is 0 Å². The summed E-state index contributed by atoms with van der Waals surface area (Å²) in [5, 5.41) is 0. The second-order valence-electron chi connectivity index (χ2n) is 4.79. The first-order valence-corrected chi connectivity index (χ1v) is 7.94. The normalized spacial score (nSPS) is 17.2. The molecule has 17 heavy (non-hydrogen) atoms. The number of thioether (sulfide) groups is 1. The lowest BCUT2D eigenvalue weighted by atomic mass is 10.1. The van der Waals surface area contributed by atoms with Crippen LogP contribution in [0.15, 0.2) is 30.3 Å². The van der Waals surface area contributed by atoms with Crippen molar-refractivity contribution in [1.82, 2.24) is 4.90 Å². The van der Waals surface area contributed by atoms with Crippen molar-refractivity contribution in [3.05, 3.63) is 35.9 Å². The molecule has 0 amide bonds. The second-order valence-corrected chi connectivity index (χ2v) is 5.90. The van der Waals surface area contributed by atoms with Crippen LogP contribution in [-0.4, -0.2) is 30.3 Å². The van der Waals surface area contributed by atoms with Crippen LogP contribution in [0.3, 0.4) is 0 Å². The van der Waals surface area contributed by atoms with Gasteiger partial charge in [-0.3, -0.25) is 0 Å². The highest BCUT2D eigenvalue weighted by Crippen LogP contribution is 2.14. The van der Waals surface area contributed by atoms with E-state index in [1.54, 1.807) is 0 Å². The minimum absolute atomic E-state index is 1.17. The number of piperidine rings is 1. The first kappa shape index (κ1) is 13.0. The topological polar surface area (TPSA) is 3.24 Å². The van der Waals surface area contributed by atoms with Crippen LogP contribution >= 0.6 is 11.8 Å². The highest BCUT2D eigenvalue weighted by molar-refractivity contribution is 7.98. The lowest BCUT2D eigenvalue weighted by Gasteiger charge is -2.26. The van der Waals surface area contributed by atoms with Crippen molar-refractivity contribution in [3.8, 4) is 0 Å². The van der Waals surface area contributed by atoms with Gasteiger partial charge in [-0.25, -0.2) is 0 Å². The highest BCUT2D eigenvalue weighted by Gasteiger charge is 2.08. The number of likely N-dealkylation sites (tertiary alicyclic amines) is 1.